The molecular weight excluding hydrogens is 448 g/mol. The van der Waals surface area contributed by atoms with Gasteiger partial charge in [0, 0.05) is 11.3 Å². The van der Waals surface area contributed by atoms with E-state index in [0.29, 0.717) is 0 Å². The molecule has 2 N–H and O–H groups in total. The average molecular weight is 509 g/mol. The Labute approximate surface area is 226 Å². The Bertz CT molecular complexity index is 533. The van der Waals surface area contributed by atoms with Crippen molar-refractivity contribution in [2.75, 3.05) is 25.9 Å². The van der Waals surface area contributed by atoms with E-state index < -0.39 is 0 Å². The van der Waals surface area contributed by atoms with Gasteiger partial charge in [0.2, 0.25) is 0 Å². The maximum absolute atomic E-state index is 5.93. The molecule has 3 heteroatoms. The summed E-state index contributed by atoms with van der Waals surface area (Å²) in [6, 6.07) is 8.62. The molecule has 0 aliphatic carbocycles. The van der Waals surface area contributed by atoms with Gasteiger partial charge in [0.25, 0.3) is 0 Å². The molecule has 2 nitrogen and oxygen atoms in total. The van der Waals surface area contributed by atoms with Crippen LogP contribution < -0.4 is 18.1 Å². The predicted molar refractivity (Wildman–Crippen MR) is 154 cm³/mol. The van der Waals surface area contributed by atoms with Gasteiger partial charge in [-0.2, -0.15) is 0 Å². The lowest BCUT2D eigenvalue weighted by Crippen LogP contribution is -3.00. The van der Waals surface area contributed by atoms with Gasteiger partial charge in [0.05, 0.1) is 20.1 Å². The number of hydrogen-bond acceptors (Lipinski definition) is 1. The van der Waals surface area contributed by atoms with Gasteiger partial charge in [-0.05, 0) is 37.8 Å². The van der Waals surface area contributed by atoms with Crippen molar-refractivity contribution < 1.29 is 16.9 Å². The number of nitrogens with zero attached hydrogens (tertiary/aromatic N) is 1. The van der Waals surface area contributed by atoms with Gasteiger partial charge in [0.1, 0.15) is 6.54 Å². The summed E-state index contributed by atoms with van der Waals surface area (Å²) in [6.45, 7) is 8.39. The van der Waals surface area contributed by atoms with Crippen LogP contribution in [0, 0.1) is 0 Å². The quantitative estimate of drug-likeness (QED) is 0.0902. The SMILES string of the molecule is CCCCCCCCCCCC[N+](C)(CCCCCCCCCCCC)Cc1ccc(N)cc1.[Cl-]. The molecule has 0 radical (unpaired) electrons. The first kappa shape index (κ1) is 34.3. The zero-order valence-corrected chi connectivity index (χ0v) is 24.7. The molecule has 206 valence electrons. The normalized spacial score (nSPS) is 11.5. The number of quaternary nitrogens is 1. The van der Waals surface area contributed by atoms with Crippen LogP contribution in [0.3, 0.4) is 0 Å². The highest BCUT2D eigenvalue weighted by molar-refractivity contribution is 5.39. The number of anilines is 1. The Morgan fingerprint density at radius 2 is 0.829 bits per heavy atom. The smallest absolute Gasteiger partial charge is 0.104 e. The Hall–Kier alpha value is -0.730. The lowest BCUT2D eigenvalue weighted by molar-refractivity contribution is -0.923. The van der Waals surface area contributed by atoms with Crippen molar-refractivity contribution in [3.63, 3.8) is 0 Å². The van der Waals surface area contributed by atoms with E-state index in [9.17, 15) is 0 Å². The summed E-state index contributed by atoms with van der Waals surface area (Å²) >= 11 is 0. The highest BCUT2D eigenvalue weighted by Gasteiger charge is 2.21. The zero-order chi connectivity index (χ0) is 24.7. The van der Waals surface area contributed by atoms with Crippen LogP contribution in [0.15, 0.2) is 24.3 Å². The first-order valence-electron chi connectivity index (χ1n) is 15.3. The highest BCUT2D eigenvalue weighted by atomic mass is 35.5. The predicted octanol–water partition coefficient (Wildman–Crippen LogP) is 7.06. The summed E-state index contributed by atoms with van der Waals surface area (Å²) in [6.07, 6.45) is 28.4. The molecule has 1 aromatic rings. The van der Waals surface area contributed by atoms with Gasteiger partial charge in [-0.25, -0.2) is 0 Å². The van der Waals surface area contributed by atoms with Crippen LogP contribution in [-0.2, 0) is 6.54 Å². The van der Waals surface area contributed by atoms with Crippen molar-refractivity contribution in [2.24, 2.45) is 0 Å². The van der Waals surface area contributed by atoms with Crippen LogP contribution in [0.4, 0.5) is 5.69 Å². The van der Waals surface area contributed by atoms with Crippen molar-refractivity contribution in [3.05, 3.63) is 29.8 Å². The van der Waals surface area contributed by atoms with E-state index >= 15 is 0 Å². The molecule has 0 aliphatic rings. The summed E-state index contributed by atoms with van der Waals surface area (Å²) in [5, 5.41) is 0. The molecule has 0 heterocycles. The molecule has 0 spiro atoms. The van der Waals surface area contributed by atoms with Gasteiger partial charge < -0.3 is 22.6 Å². The number of unbranched alkanes of at least 4 members (excludes halogenated alkanes) is 18. The van der Waals surface area contributed by atoms with Crippen LogP contribution in [-0.4, -0.2) is 24.6 Å². The summed E-state index contributed by atoms with van der Waals surface area (Å²) < 4.78 is 1.19. The maximum atomic E-state index is 5.93. The summed E-state index contributed by atoms with van der Waals surface area (Å²) in [5.41, 5.74) is 8.25. The molecule has 0 saturated heterocycles. The summed E-state index contributed by atoms with van der Waals surface area (Å²) in [5.74, 6) is 0. The monoisotopic (exact) mass is 508 g/mol. The number of hydrogen-bond donors (Lipinski definition) is 1. The Morgan fingerprint density at radius 1 is 0.514 bits per heavy atom. The lowest BCUT2D eigenvalue weighted by atomic mass is 10.0. The van der Waals surface area contributed by atoms with E-state index in [4.69, 9.17) is 5.73 Å². The second-order valence-electron chi connectivity index (χ2n) is 11.3. The van der Waals surface area contributed by atoms with E-state index in [1.807, 2.05) is 0 Å². The molecule has 0 aliphatic heterocycles. The largest absolute Gasteiger partial charge is 1.00 e. The maximum Gasteiger partial charge on any atom is 0.104 e. The van der Waals surface area contributed by atoms with Crippen LogP contribution in [0.5, 0.6) is 0 Å². The number of nitrogens with two attached hydrogens (primary N) is 1. The molecule has 0 amide bonds. The molecule has 1 rings (SSSR count). The first-order chi connectivity index (χ1) is 16.6. The van der Waals surface area contributed by atoms with E-state index in [2.05, 4.69) is 45.2 Å². The Morgan fingerprint density at radius 3 is 1.17 bits per heavy atom. The molecule has 0 atom stereocenters. The van der Waals surface area contributed by atoms with Gasteiger partial charge in [-0.3, -0.25) is 0 Å². The fourth-order valence-corrected chi connectivity index (χ4v) is 5.30. The average Bonchev–Trinajstić information content (AvgIpc) is 2.83. The van der Waals surface area contributed by atoms with Crippen molar-refractivity contribution in [1.29, 1.82) is 0 Å². The van der Waals surface area contributed by atoms with Crippen LogP contribution in [0.1, 0.15) is 148 Å². The molecule has 0 saturated carbocycles. The molecule has 35 heavy (non-hydrogen) atoms. The van der Waals surface area contributed by atoms with E-state index in [1.54, 1.807) is 0 Å². The van der Waals surface area contributed by atoms with Crippen LogP contribution in [0.2, 0.25) is 0 Å². The van der Waals surface area contributed by atoms with Crippen LogP contribution in [0.25, 0.3) is 0 Å². The topological polar surface area (TPSA) is 26.0 Å². The van der Waals surface area contributed by atoms with Crippen molar-refractivity contribution in [3.8, 4) is 0 Å². The van der Waals surface area contributed by atoms with E-state index in [-0.39, 0.29) is 12.4 Å². The minimum absolute atomic E-state index is 0. The van der Waals surface area contributed by atoms with Gasteiger partial charge in [0.15, 0.2) is 0 Å². The highest BCUT2D eigenvalue weighted by Crippen LogP contribution is 2.19. The van der Waals surface area contributed by atoms with Gasteiger partial charge >= 0.3 is 0 Å². The fraction of sp³-hybridized carbons (Fsp3) is 0.812. The number of benzene rings is 1. The fourth-order valence-electron chi connectivity index (χ4n) is 5.30. The van der Waals surface area contributed by atoms with Crippen molar-refractivity contribution in [2.45, 2.75) is 149 Å². The Kier molecular flexibility index (Phi) is 23.2. The molecule has 0 fully saturated rings. The van der Waals surface area contributed by atoms with E-state index in [1.165, 1.54) is 152 Å². The number of halogens is 1. The second-order valence-corrected chi connectivity index (χ2v) is 11.3. The molecular formula is C32H61ClN2. The number of nitrogen functional groups attached to an aromatic ring is 1. The molecule has 0 bridgehead atoms. The third-order valence-electron chi connectivity index (χ3n) is 7.65. The molecule has 1 aromatic carbocycles. The zero-order valence-electron chi connectivity index (χ0n) is 24.0. The number of rotatable bonds is 24. The Balaban J connectivity index is 0.0000116. The minimum Gasteiger partial charge on any atom is -1.00 e. The summed E-state index contributed by atoms with van der Waals surface area (Å²) in [7, 11) is 2.50. The van der Waals surface area contributed by atoms with Gasteiger partial charge in [-0.1, -0.05) is 129 Å². The van der Waals surface area contributed by atoms with Crippen molar-refractivity contribution >= 4 is 5.69 Å². The first-order valence-corrected chi connectivity index (χ1v) is 15.3. The van der Waals surface area contributed by atoms with Crippen molar-refractivity contribution in [1.82, 2.24) is 0 Å². The standard InChI is InChI=1S/C32H61N2.ClH/c1-4-6-8-10-12-14-16-18-20-22-28-34(3,30-31-24-26-32(33)27-25-31)29-23-21-19-17-15-13-11-9-7-5-2;/h24-27H,4-23,28-30,33H2,1-3H3;1H/q+1;/p-1. The van der Waals surface area contributed by atoms with Crippen LogP contribution >= 0.6 is 0 Å². The van der Waals surface area contributed by atoms with E-state index in [0.717, 1.165) is 12.2 Å². The third-order valence-corrected chi connectivity index (χ3v) is 7.65. The molecule has 0 aromatic heterocycles. The third kappa shape index (κ3) is 20.1. The minimum atomic E-state index is 0. The van der Waals surface area contributed by atoms with Gasteiger partial charge in [-0.15, -0.1) is 0 Å². The molecule has 0 unspecified atom stereocenters. The lowest BCUT2D eigenvalue weighted by Gasteiger charge is -2.35. The summed E-state index contributed by atoms with van der Waals surface area (Å²) in [4.78, 5) is 0. The second kappa shape index (κ2) is 23.7.